The van der Waals surface area contributed by atoms with Crippen LogP contribution >= 0.6 is 11.6 Å². The summed E-state index contributed by atoms with van der Waals surface area (Å²) in [5.41, 5.74) is 0.487. The molecule has 0 spiro atoms. The third kappa shape index (κ3) is 5.07. The van der Waals surface area contributed by atoms with Gasteiger partial charge in [-0.05, 0) is 35.7 Å². The smallest absolute Gasteiger partial charge is 0.339 e. The van der Waals surface area contributed by atoms with Crippen molar-refractivity contribution < 1.29 is 22.8 Å². The highest BCUT2D eigenvalue weighted by atomic mass is 35.5. The van der Waals surface area contributed by atoms with E-state index in [2.05, 4.69) is 0 Å². The predicted molar refractivity (Wildman–Crippen MR) is 128 cm³/mol. The number of aromatic nitrogens is 1. The molecule has 0 aliphatic carbocycles. The number of nitrogens with zero attached hydrogens (tertiary/aromatic N) is 3. The molecule has 3 aromatic rings. The molecular formula is C26H25ClF3N3O2. The van der Waals surface area contributed by atoms with Crippen LogP contribution in [0.3, 0.4) is 0 Å². The number of piperazine rings is 1. The van der Waals surface area contributed by atoms with Gasteiger partial charge in [0.05, 0.1) is 0 Å². The Balaban J connectivity index is 1.90. The van der Waals surface area contributed by atoms with Crippen LogP contribution in [0.2, 0.25) is 5.02 Å². The number of halogens is 4. The molecule has 4 rings (SSSR count). The van der Waals surface area contributed by atoms with E-state index in [-0.39, 0.29) is 42.4 Å². The number of carbonyl (C=O) groups is 2. The van der Waals surface area contributed by atoms with Gasteiger partial charge >= 0.3 is 6.18 Å². The summed E-state index contributed by atoms with van der Waals surface area (Å²) in [5, 5.41) is 0.444. The van der Waals surface area contributed by atoms with E-state index in [1.54, 1.807) is 59.5 Å². The molecule has 1 aliphatic heterocycles. The van der Waals surface area contributed by atoms with E-state index >= 15 is 0 Å². The summed E-state index contributed by atoms with van der Waals surface area (Å²) in [5.74, 6) is -0.589. The van der Waals surface area contributed by atoms with Crippen LogP contribution in [0.15, 0.2) is 54.6 Å². The van der Waals surface area contributed by atoms with Gasteiger partial charge in [-0.15, -0.1) is 0 Å². The lowest BCUT2D eigenvalue weighted by Gasteiger charge is -2.34. The lowest BCUT2D eigenvalue weighted by atomic mass is 10.00. The van der Waals surface area contributed by atoms with Crippen molar-refractivity contribution >= 4 is 23.4 Å². The molecule has 0 atom stereocenters. The zero-order valence-electron chi connectivity index (χ0n) is 19.4. The highest BCUT2D eigenvalue weighted by molar-refractivity contribution is 6.30. The normalized spacial score (nSPS) is 14.3. The molecule has 9 heteroatoms. The molecule has 1 aromatic heterocycles. The summed E-state index contributed by atoms with van der Waals surface area (Å²) in [6, 6.07) is 15.2. The van der Waals surface area contributed by atoms with Gasteiger partial charge in [0.1, 0.15) is 11.4 Å². The molecule has 184 valence electrons. The molecule has 2 heterocycles. The Kier molecular flexibility index (Phi) is 6.94. The third-order valence-corrected chi connectivity index (χ3v) is 6.56. The zero-order chi connectivity index (χ0) is 25.3. The van der Waals surface area contributed by atoms with Crippen molar-refractivity contribution in [2.24, 2.45) is 0 Å². The maximum absolute atomic E-state index is 14.4. The zero-order valence-corrected chi connectivity index (χ0v) is 20.2. The quantitative estimate of drug-likeness (QED) is 0.473. The Morgan fingerprint density at radius 1 is 0.914 bits per heavy atom. The van der Waals surface area contributed by atoms with E-state index in [4.69, 9.17) is 11.6 Å². The molecule has 2 aromatic carbocycles. The van der Waals surface area contributed by atoms with Gasteiger partial charge in [0.2, 0.25) is 5.91 Å². The number of amides is 2. The summed E-state index contributed by atoms with van der Waals surface area (Å²) in [7, 11) is 0. The van der Waals surface area contributed by atoms with Gasteiger partial charge in [-0.2, -0.15) is 13.2 Å². The van der Waals surface area contributed by atoms with Gasteiger partial charge < -0.3 is 14.4 Å². The topological polar surface area (TPSA) is 45.6 Å². The molecule has 0 saturated carbocycles. The fourth-order valence-electron chi connectivity index (χ4n) is 4.60. The molecule has 35 heavy (non-hydrogen) atoms. The first-order valence-corrected chi connectivity index (χ1v) is 11.6. The van der Waals surface area contributed by atoms with Gasteiger partial charge in [-0.3, -0.25) is 9.59 Å². The molecule has 5 nitrogen and oxygen atoms in total. The number of rotatable bonds is 4. The average molecular weight is 504 g/mol. The van der Waals surface area contributed by atoms with E-state index in [0.717, 1.165) is 4.57 Å². The van der Waals surface area contributed by atoms with E-state index in [1.807, 2.05) is 0 Å². The molecule has 2 amide bonds. The van der Waals surface area contributed by atoms with Gasteiger partial charge in [0.15, 0.2) is 0 Å². The molecule has 0 N–H and O–H groups in total. The molecular weight excluding hydrogens is 479 g/mol. The van der Waals surface area contributed by atoms with E-state index in [1.165, 1.54) is 18.7 Å². The molecule has 1 aliphatic rings. The van der Waals surface area contributed by atoms with Crippen molar-refractivity contribution in [2.75, 3.05) is 26.2 Å². The first-order valence-electron chi connectivity index (χ1n) is 11.2. The standard InChI is InChI=1S/C26H25ClF3N3O2/c1-17-22(20-8-10-21(27)11-9-20)23(25(35)32-14-12-31(13-15-32)18(2)34)33(24(17)26(28,29)30)16-19-6-4-3-5-7-19/h3-11H,12-16H2,1-2H3. The number of benzene rings is 2. The summed E-state index contributed by atoms with van der Waals surface area (Å²) < 4.78 is 44.4. The highest BCUT2D eigenvalue weighted by Gasteiger charge is 2.42. The van der Waals surface area contributed by atoms with Gasteiger partial charge in [-0.25, -0.2) is 0 Å². The van der Waals surface area contributed by atoms with Gasteiger partial charge in [0, 0.05) is 50.2 Å². The van der Waals surface area contributed by atoms with Crippen molar-refractivity contribution in [1.82, 2.24) is 14.4 Å². The summed E-state index contributed by atoms with van der Waals surface area (Å²) in [6.07, 6.45) is -4.67. The number of hydrogen-bond donors (Lipinski definition) is 0. The largest absolute Gasteiger partial charge is 0.431 e. The van der Waals surface area contributed by atoms with E-state index in [9.17, 15) is 22.8 Å². The Labute approximate surface area is 206 Å². The van der Waals surface area contributed by atoms with Crippen LogP contribution < -0.4 is 0 Å². The van der Waals surface area contributed by atoms with Crippen LogP contribution in [0, 0.1) is 6.92 Å². The van der Waals surface area contributed by atoms with Gasteiger partial charge in [0.25, 0.3) is 5.91 Å². The Hall–Kier alpha value is -3.26. The first kappa shape index (κ1) is 24.9. The minimum absolute atomic E-state index is 0.0125. The SMILES string of the molecule is CC(=O)N1CCN(C(=O)c2c(-c3ccc(Cl)cc3)c(C)c(C(F)(F)F)n2Cc2ccccc2)CC1. The molecule has 1 fully saturated rings. The molecule has 0 radical (unpaired) electrons. The third-order valence-electron chi connectivity index (χ3n) is 6.31. The maximum atomic E-state index is 14.4. The van der Waals surface area contributed by atoms with Crippen LogP contribution in [-0.2, 0) is 17.5 Å². The molecule has 1 saturated heterocycles. The van der Waals surface area contributed by atoms with Crippen molar-refractivity contribution in [3.63, 3.8) is 0 Å². The second-order valence-electron chi connectivity index (χ2n) is 8.57. The van der Waals surface area contributed by atoms with E-state index in [0.29, 0.717) is 29.2 Å². The van der Waals surface area contributed by atoms with Crippen molar-refractivity contribution in [2.45, 2.75) is 26.6 Å². The summed E-state index contributed by atoms with van der Waals surface area (Å²) in [6.45, 7) is 3.91. The molecule has 0 bridgehead atoms. The van der Waals surface area contributed by atoms with Crippen LogP contribution in [-0.4, -0.2) is 52.4 Å². The van der Waals surface area contributed by atoms with Crippen LogP contribution in [0.25, 0.3) is 11.1 Å². The Bertz CT molecular complexity index is 1230. The van der Waals surface area contributed by atoms with Crippen molar-refractivity contribution in [1.29, 1.82) is 0 Å². The minimum atomic E-state index is -4.67. The van der Waals surface area contributed by atoms with Gasteiger partial charge in [-0.1, -0.05) is 54.1 Å². The number of carbonyl (C=O) groups excluding carboxylic acids is 2. The Morgan fingerprint density at radius 3 is 2.03 bits per heavy atom. The van der Waals surface area contributed by atoms with Crippen LogP contribution in [0.1, 0.15) is 34.2 Å². The monoisotopic (exact) mass is 503 g/mol. The first-order chi connectivity index (χ1) is 16.6. The Morgan fingerprint density at radius 2 is 1.49 bits per heavy atom. The fraction of sp³-hybridized carbons (Fsp3) is 0.308. The second kappa shape index (κ2) is 9.77. The number of hydrogen-bond acceptors (Lipinski definition) is 2. The van der Waals surface area contributed by atoms with Crippen LogP contribution in [0.4, 0.5) is 13.2 Å². The van der Waals surface area contributed by atoms with Crippen molar-refractivity contribution in [3.05, 3.63) is 82.1 Å². The fourth-order valence-corrected chi connectivity index (χ4v) is 4.73. The minimum Gasteiger partial charge on any atom is -0.339 e. The lowest BCUT2D eigenvalue weighted by molar-refractivity contribution is -0.143. The summed E-state index contributed by atoms with van der Waals surface area (Å²) >= 11 is 6.03. The second-order valence-corrected chi connectivity index (χ2v) is 9.01. The lowest BCUT2D eigenvalue weighted by Crippen LogP contribution is -2.50. The van der Waals surface area contributed by atoms with Crippen LogP contribution in [0.5, 0.6) is 0 Å². The predicted octanol–water partition coefficient (Wildman–Crippen LogP) is 5.49. The molecule has 0 unspecified atom stereocenters. The van der Waals surface area contributed by atoms with E-state index < -0.39 is 17.8 Å². The maximum Gasteiger partial charge on any atom is 0.431 e. The highest BCUT2D eigenvalue weighted by Crippen LogP contribution is 2.42. The summed E-state index contributed by atoms with van der Waals surface area (Å²) in [4.78, 5) is 28.7. The average Bonchev–Trinajstić information content (AvgIpc) is 3.11. The van der Waals surface area contributed by atoms with Crippen molar-refractivity contribution in [3.8, 4) is 11.1 Å². The number of alkyl halides is 3.